The van der Waals surface area contributed by atoms with Crippen LogP contribution < -0.4 is 0 Å². The van der Waals surface area contributed by atoms with Crippen molar-refractivity contribution in [1.29, 1.82) is 0 Å². The Bertz CT molecular complexity index is 367. The fourth-order valence-electron chi connectivity index (χ4n) is 3.15. The quantitative estimate of drug-likeness (QED) is 0.589. The van der Waals surface area contributed by atoms with Crippen LogP contribution in [0, 0.1) is 11.3 Å². The Morgan fingerprint density at radius 2 is 2.38 bits per heavy atom. The molecule has 0 nitrogen and oxygen atoms in total. The molecule has 0 N–H and O–H groups in total. The first-order valence-corrected chi connectivity index (χ1v) is 6.43. The topological polar surface area (TPSA) is 0 Å². The molecule has 0 aromatic rings. The summed E-state index contributed by atoms with van der Waals surface area (Å²) in [6.07, 6.45) is 16.5. The summed E-state index contributed by atoms with van der Waals surface area (Å²) in [6, 6.07) is 0. The van der Waals surface area contributed by atoms with Gasteiger partial charge in [-0.1, -0.05) is 55.9 Å². The highest BCUT2D eigenvalue weighted by atomic mass is 14.5. The Morgan fingerprint density at radius 3 is 3.00 bits per heavy atom. The van der Waals surface area contributed by atoms with Gasteiger partial charge in [-0.25, -0.2) is 0 Å². The normalized spacial score (nSPS) is 35.0. The Labute approximate surface area is 99.4 Å². The van der Waals surface area contributed by atoms with Gasteiger partial charge in [-0.3, -0.25) is 0 Å². The Hall–Kier alpha value is -1.04. The zero-order chi connectivity index (χ0) is 11.6. The molecule has 2 bridgehead atoms. The lowest BCUT2D eigenvalue weighted by Gasteiger charge is -2.25. The highest BCUT2D eigenvalue weighted by molar-refractivity contribution is 5.46. The molecule has 0 aromatic carbocycles. The fourth-order valence-corrected chi connectivity index (χ4v) is 3.15. The Balaban J connectivity index is 2.25. The van der Waals surface area contributed by atoms with Crippen LogP contribution >= 0.6 is 0 Å². The van der Waals surface area contributed by atoms with Crippen molar-refractivity contribution in [1.82, 2.24) is 0 Å². The van der Waals surface area contributed by atoms with E-state index in [0.29, 0.717) is 11.3 Å². The molecule has 0 radical (unpaired) electrons. The van der Waals surface area contributed by atoms with Crippen LogP contribution in [-0.2, 0) is 0 Å². The second kappa shape index (κ2) is 4.45. The SMILES string of the molecule is C=CC1=CC2CC1(C=CCCC)CC2=CC. The van der Waals surface area contributed by atoms with Crippen LogP contribution in [0.2, 0.25) is 0 Å². The van der Waals surface area contributed by atoms with Crippen molar-refractivity contribution in [2.45, 2.75) is 39.5 Å². The van der Waals surface area contributed by atoms with Gasteiger partial charge in [0.2, 0.25) is 0 Å². The molecule has 0 spiro atoms. The van der Waals surface area contributed by atoms with Crippen molar-refractivity contribution in [2.24, 2.45) is 11.3 Å². The fraction of sp³-hybridized carbons (Fsp3) is 0.500. The molecule has 0 heteroatoms. The average molecular weight is 214 g/mol. The number of allylic oxidation sites excluding steroid dienone is 7. The number of rotatable bonds is 4. The summed E-state index contributed by atoms with van der Waals surface area (Å²) in [4.78, 5) is 0. The maximum Gasteiger partial charge on any atom is 0.0175 e. The van der Waals surface area contributed by atoms with Crippen molar-refractivity contribution >= 4 is 0 Å². The van der Waals surface area contributed by atoms with Gasteiger partial charge in [0, 0.05) is 5.41 Å². The predicted molar refractivity (Wildman–Crippen MR) is 71.2 cm³/mol. The summed E-state index contributed by atoms with van der Waals surface area (Å²) >= 11 is 0. The summed E-state index contributed by atoms with van der Waals surface area (Å²) in [6.45, 7) is 8.36. The maximum absolute atomic E-state index is 3.96. The van der Waals surface area contributed by atoms with Crippen LogP contribution in [0.3, 0.4) is 0 Å². The summed E-state index contributed by atoms with van der Waals surface area (Å²) in [5.74, 6) is 0.685. The molecule has 2 aliphatic carbocycles. The molecule has 2 aliphatic rings. The highest BCUT2D eigenvalue weighted by Gasteiger charge is 2.45. The monoisotopic (exact) mass is 214 g/mol. The third kappa shape index (κ3) is 1.71. The van der Waals surface area contributed by atoms with Gasteiger partial charge in [-0.2, -0.15) is 0 Å². The van der Waals surface area contributed by atoms with Gasteiger partial charge in [-0.05, 0) is 37.7 Å². The lowest BCUT2D eigenvalue weighted by atomic mass is 9.79. The van der Waals surface area contributed by atoms with Crippen molar-refractivity contribution in [3.05, 3.63) is 48.1 Å². The van der Waals surface area contributed by atoms with Gasteiger partial charge in [0.15, 0.2) is 0 Å². The molecule has 2 rings (SSSR count). The van der Waals surface area contributed by atoms with E-state index in [-0.39, 0.29) is 0 Å². The molecule has 1 saturated carbocycles. The van der Waals surface area contributed by atoms with Crippen molar-refractivity contribution in [2.75, 3.05) is 0 Å². The van der Waals surface area contributed by atoms with Gasteiger partial charge in [0.1, 0.15) is 0 Å². The average Bonchev–Trinajstić information content (AvgIpc) is 2.83. The van der Waals surface area contributed by atoms with E-state index in [9.17, 15) is 0 Å². The van der Waals surface area contributed by atoms with Crippen LogP contribution in [0.4, 0.5) is 0 Å². The van der Waals surface area contributed by atoms with E-state index in [1.165, 1.54) is 31.3 Å². The van der Waals surface area contributed by atoms with Crippen LogP contribution in [-0.4, -0.2) is 0 Å². The van der Waals surface area contributed by atoms with Gasteiger partial charge in [0.05, 0.1) is 0 Å². The van der Waals surface area contributed by atoms with E-state index in [0.717, 1.165) is 0 Å². The van der Waals surface area contributed by atoms with Crippen molar-refractivity contribution < 1.29 is 0 Å². The van der Waals surface area contributed by atoms with Crippen molar-refractivity contribution in [3.63, 3.8) is 0 Å². The molecule has 1 fully saturated rings. The molecule has 0 heterocycles. The number of unbranched alkanes of at least 4 members (excludes halogenated alkanes) is 1. The second-order valence-corrected chi connectivity index (χ2v) is 5.02. The zero-order valence-electron chi connectivity index (χ0n) is 10.5. The van der Waals surface area contributed by atoms with Gasteiger partial charge in [0.25, 0.3) is 0 Å². The van der Waals surface area contributed by atoms with Gasteiger partial charge < -0.3 is 0 Å². The van der Waals surface area contributed by atoms with E-state index in [1.807, 2.05) is 0 Å². The molecule has 2 atom stereocenters. The smallest absolute Gasteiger partial charge is 0.0175 e. The molecule has 16 heavy (non-hydrogen) atoms. The molecule has 0 amide bonds. The highest BCUT2D eigenvalue weighted by Crippen LogP contribution is 2.57. The maximum atomic E-state index is 3.96. The van der Waals surface area contributed by atoms with Gasteiger partial charge >= 0.3 is 0 Å². The predicted octanol–water partition coefficient (Wildman–Crippen LogP) is 4.81. The minimum atomic E-state index is 0.295. The lowest BCUT2D eigenvalue weighted by molar-refractivity contribution is 0.507. The molecule has 0 aromatic heterocycles. The first-order chi connectivity index (χ1) is 7.75. The molecular weight excluding hydrogens is 192 g/mol. The number of hydrogen-bond donors (Lipinski definition) is 0. The summed E-state index contributed by atoms with van der Waals surface area (Å²) in [7, 11) is 0. The second-order valence-electron chi connectivity index (χ2n) is 5.02. The summed E-state index contributed by atoms with van der Waals surface area (Å²) < 4.78 is 0. The molecule has 0 aliphatic heterocycles. The molecular formula is C16H22. The molecule has 2 unspecified atom stereocenters. The minimum Gasteiger partial charge on any atom is -0.0988 e. The molecule has 0 saturated heterocycles. The van der Waals surface area contributed by atoms with E-state index in [2.05, 4.69) is 50.8 Å². The Kier molecular flexibility index (Phi) is 3.18. The third-order valence-electron chi connectivity index (χ3n) is 4.02. The zero-order valence-corrected chi connectivity index (χ0v) is 10.5. The number of fused-ring (bicyclic) bond motifs is 2. The molecule has 86 valence electrons. The Morgan fingerprint density at radius 1 is 1.56 bits per heavy atom. The number of hydrogen-bond acceptors (Lipinski definition) is 0. The summed E-state index contributed by atoms with van der Waals surface area (Å²) in [5, 5.41) is 0. The van der Waals surface area contributed by atoms with Crippen LogP contribution in [0.5, 0.6) is 0 Å². The van der Waals surface area contributed by atoms with Crippen LogP contribution in [0.15, 0.2) is 48.1 Å². The van der Waals surface area contributed by atoms with Gasteiger partial charge in [-0.15, -0.1) is 0 Å². The first-order valence-electron chi connectivity index (χ1n) is 6.43. The van der Waals surface area contributed by atoms with E-state index >= 15 is 0 Å². The van der Waals surface area contributed by atoms with Crippen LogP contribution in [0.25, 0.3) is 0 Å². The summed E-state index contributed by atoms with van der Waals surface area (Å²) in [5.41, 5.74) is 3.37. The van der Waals surface area contributed by atoms with E-state index in [1.54, 1.807) is 5.57 Å². The standard InChI is InChI=1S/C16H22/c1-4-7-8-9-16-11-13(5-2)14(12-16)10-15(16)6-3/h5-6,8-10,14H,3-4,7,11-12H2,1-2H3. The minimum absolute atomic E-state index is 0.295. The third-order valence-corrected chi connectivity index (χ3v) is 4.02. The van der Waals surface area contributed by atoms with Crippen molar-refractivity contribution in [3.8, 4) is 0 Å². The lowest BCUT2D eigenvalue weighted by Crippen LogP contribution is -2.13. The van der Waals surface area contributed by atoms with E-state index in [4.69, 9.17) is 0 Å². The van der Waals surface area contributed by atoms with E-state index < -0.39 is 0 Å². The first kappa shape index (κ1) is 11.4. The largest absolute Gasteiger partial charge is 0.0988 e. The van der Waals surface area contributed by atoms with Crippen LogP contribution in [0.1, 0.15) is 39.5 Å².